The van der Waals surface area contributed by atoms with Crippen LogP contribution < -0.4 is 5.32 Å². The zero-order valence-corrected chi connectivity index (χ0v) is 62.1. The van der Waals surface area contributed by atoms with Crippen molar-refractivity contribution in [2.75, 3.05) is 13.2 Å². The van der Waals surface area contributed by atoms with Gasteiger partial charge < -0.3 is 20.3 Å². The van der Waals surface area contributed by atoms with Crippen LogP contribution in [0.3, 0.4) is 0 Å². The number of hydrogen-bond acceptors (Lipinski definition) is 5. The first-order valence-corrected chi connectivity index (χ1v) is 42.1. The van der Waals surface area contributed by atoms with E-state index < -0.39 is 12.1 Å². The third-order valence-corrected chi connectivity index (χ3v) is 20.0. The maximum Gasteiger partial charge on any atom is 0.305 e. The van der Waals surface area contributed by atoms with Crippen LogP contribution in [0, 0.1) is 0 Å². The van der Waals surface area contributed by atoms with Gasteiger partial charge in [0.05, 0.1) is 25.4 Å². The summed E-state index contributed by atoms with van der Waals surface area (Å²) in [5.74, 6) is -0.00541. The van der Waals surface area contributed by atoms with E-state index in [1.807, 2.05) is 0 Å². The molecule has 6 nitrogen and oxygen atoms in total. The fourth-order valence-corrected chi connectivity index (χ4v) is 13.6. The first kappa shape index (κ1) is 89.3. The quantitative estimate of drug-likeness (QED) is 0.0320. The van der Waals surface area contributed by atoms with Crippen LogP contribution in [0.4, 0.5) is 0 Å². The van der Waals surface area contributed by atoms with Crippen LogP contribution in [-0.4, -0.2) is 47.4 Å². The molecule has 0 spiro atoms. The van der Waals surface area contributed by atoms with E-state index in [1.54, 1.807) is 0 Å². The molecule has 540 valence electrons. The van der Waals surface area contributed by atoms with Crippen molar-refractivity contribution in [3.63, 3.8) is 0 Å². The van der Waals surface area contributed by atoms with Crippen LogP contribution in [0.2, 0.25) is 0 Å². The summed E-state index contributed by atoms with van der Waals surface area (Å²) in [7, 11) is 0. The van der Waals surface area contributed by atoms with E-state index >= 15 is 0 Å². The minimum absolute atomic E-state index is 0.0206. The predicted molar refractivity (Wildman–Crippen MR) is 403 cm³/mol. The lowest BCUT2D eigenvalue weighted by Crippen LogP contribution is -2.45. The molecule has 0 heterocycles. The summed E-state index contributed by atoms with van der Waals surface area (Å²) in [6.45, 7) is 5.00. The van der Waals surface area contributed by atoms with E-state index in [-0.39, 0.29) is 18.5 Å². The van der Waals surface area contributed by atoms with Crippen LogP contribution in [0.1, 0.15) is 483 Å². The average molecular weight is 1280 g/mol. The summed E-state index contributed by atoms with van der Waals surface area (Å²) in [6.07, 6.45) is 104. The van der Waals surface area contributed by atoms with E-state index in [1.165, 1.54) is 411 Å². The largest absolute Gasteiger partial charge is 0.466 e. The van der Waals surface area contributed by atoms with Gasteiger partial charge in [0.2, 0.25) is 5.91 Å². The number of hydrogen-bond donors (Lipinski definition) is 3. The van der Waals surface area contributed by atoms with Gasteiger partial charge in [-0.05, 0) is 77.0 Å². The molecule has 0 aliphatic rings. The molecule has 2 unspecified atom stereocenters. The van der Waals surface area contributed by atoms with E-state index in [9.17, 15) is 19.8 Å². The van der Waals surface area contributed by atoms with Gasteiger partial charge >= 0.3 is 5.97 Å². The molecule has 6 heteroatoms. The van der Waals surface area contributed by atoms with E-state index in [2.05, 4.69) is 43.5 Å². The molecule has 0 bridgehead atoms. The maximum atomic E-state index is 12.5. The lowest BCUT2D eigenvalue weighted by atomic mass is 10.0. The second-order valence-corrected chi connectivity index (χ2v) is 29.2. The Balaban J connectivity index is 3.31. The maximum absolute atomic E-state index is 12.5. The number of carbonyl (C=O) groups excluding carboxylic acids is 2. The van der Waals surface area contributed by atoms with Gasteiger partial charge in [0, 0.05) is 12.8 Å². The Morgan fingerprint density at radius 1 is 0.297 bits per heavy atom. The molecule has 0 radical (unpaired) electrons. The van der Waals surface area contributed by atoms with Gasteiger partial charge in [-0.15, -0.1) is 0 Å². The number of unbranched alkanes of at least 4 members (excludes halogenated alkanes) is 65. The first-order chi connectivity index (χ1) is 45.0. The number of carbonyl (C=O) groups is 2. The van der Waals surface area contributed by atoms with Gasteiger partial charge in [0.1, 0.15) is 0 Å². The number of aliphatic hydroxyl groups excluding tert-OH is 2. The highest BCUT2D eigenvalue weighted by molar-refractivity contribution is 5.76. The molecular formula is C85H165NO5. The van der Waals surface area contributed by atoms with Gasteiger partial charge in [-0.25, -0.2) is 0 Å². The van der Waals surface area contributed by atoms with Crippen molar-refractivity contribution in [3.8, 4) is 0 Å². The summed E-state index contributed by atoms with van der Waals surface area (Å²) >= 11 is 0. The fraction of sp³-hybridized carbons (Fsp3) is 0.929. The van der Waals surface area contributed by atoms with Crippen molar-refractivity contribution in [1.29, 1.82) is 0 Å². The van der Waals surface area contributed by atoms with Gasteiger partial charge in [-0.1, -0.05) is 417 Å². The van der Waals surface area contributed by atoms with Crippen LogP contribution >= 0.6 is 0 Å². The van der Waals surface area contributed by atoms with Gasteiger partial charge in [0.25, 0.3) is 0 Å². The number of esters is 1. The van der Waals surface area contributed by atoms with Crippen LogP contribution in [0.15, 0.2) is 24.3 Å². The number of rotatable bonds is 80. The summed E-state index contributed by atoms with van der Waals surface area (Å²) in [4.78, 5) is 24.7. The molecule has 1 amide bonds. The van der Waals surface area contributed by atoms with Crippen LogP contribution in [0.5, 0.6) is 0 Å². The molecule has 0 aliphatic heterocycles. The molecule has 0 rings (SSSR count). The lowest BCUT2D eigenvalue weighted by Gasteiger charge is -2.22. The molecule has 91 heavy (non-hydrogen) atoms. The number of amides is 1. The van der Waals surface area contributed by atoms with E-state index in [0.29, 0.717) is 25.9 Å². The molecule has 0 aliphatic carbocycles. The van der Waals surface area contributed by atoms with Gasteiger partial charge in [0.15, 0.2) is 0 Å². The molecular weight excluding hydrogens is 1110 g/mol. The minimum atomic E-state index is -0.661. The van der Waals surface area contributed by atoms with Crippen LogP contribution in [0.25, 0.3) is 0 Å². The van der Waals surface area contributed by atoms with E-state index in [4.69, 9.17) is 4.74 Å². The normalized spacial score (nSPS) is 12.5. The Labute approximate surface area is 571 Å². The molecule has 3 N–H and O–H groups in total. The monoisotopic (exact) mass is 1280 g/mol. The van der Waals surface area contributed by atoms with Gasteiger partial charge in [-0.2, -0.15) is 0 Å². The molecule has 0 aromatic rings. The summed E-state index contributed by atoms with van der Waals surface area (Å²) in [6, 6.07) is -0.538. The van der Waals surface area contributed by atoms with Crippen molar-refractivity contribution in [3.05, 3.63) is 24.3 Å². The SMILES string of the molecule is CCCCCCCCC/C=C\CCCCCCCCCC(=O)OCCCCCCCCCCCCCCCCCCCC/C=C\CCCCCCCCCCCCCCCCCCCC(=O)NC(CO)C(O)CCCCCCCCCCCCCCCCCCC. The topological polar surface area (TPSA) is 95.9 Å². The Morgan fingerprint density at radius 2 is 0.516 bits per heavy atom. The second-order valence-electron chi connectivity index (χ2n) is 29.2. The fourth-order valence-electron chi connectivity index (χ4n) is 13.6. The zero-order valence-electron chi connectivity index (χ0n) is 62.1. The summed E-state index contributed by atoms with van der Waals surface area (Å²) < 4.78 is 5.52. The third kappa shape index (κ3) is 77.2. The molecule has 0 saturated carbocycles. The van der Waals surface area contributed by atoms with Crippen molar-refractivity contribution in [2.24, 2.45) is 0 Å². The predicted octanol–water partition coefficient (Wildman–Crippen LogP) is 28.0. The van der Waals surface area contributed by atoms with E-state index in [0.717, 1.165) is 38.5 Å². The molecule has 2 atom stereocenters. The minimum Gasteiger partial charge on any atom is -0.466 e. The second kappa shape index (κ2) is 80.8. The number of nitrogens with one attached hydrogen (secondary N) is 1. The Morgan fingerprint density at radius 3 is 0.780 bits per heavy atom. The highest BCUT2D eigenvalue weighted by Crippen LogP contribution is 2.20. The summed E-state index contributed by atoms with van der Waals surface area (Å²) in [5.41, 5.74) is 0. The Hall–Kier alpha value is -1.66. The third-order valence-electron chi connectivity index (χ3n) is 20.0. The number of aliphatic hydroxyl groups is 2. The van der Waals surface area contributed by atoms with Crippen molar-refractivity contribution < 1.29 is 24.5 Å². The summed E-state index contributed by atoms with van der Waals surface area (Å²) in [5, 5.41) is 23.4. The highest BCUT2D eigenvalue weighted by atomic mass is 16.5. The van der Waals surface area contributed by atoms with Crippen molar-refractivity contribution in [1.82, 2.24) is 5.32 Å². The van der Waals surface area contributed by atoms with Crippen molar-refractivity contribution >= 4 is 11.9 Å². The van der Waals surface area contributed by atoms with Gasteiger partial charge in [-0.3, -0.25) is 9.59 Å². The first-order valence-electron chi connectivity index (χ1n) is 42.1. The number of ether oxygens (including phenoxy) is 1. The molecule has 0 saturated heterocycles. The smallest absolute Gasteiger partial charge is 0.305 e. The Kier molecular flexibility index (Phi) is 79.3. The highest BCUT2D eigenvalue weighted by Gasteiger charge is 2.20. The van der Waals surface area contributed by atoms with Crippen LogP contribution in [-0.2, 0) is 14.3 Å². The molecule has 0 aromatic carbocycles. The average Bonchev–Trinajstić information content (AvgIpc) is 3.73. The number of allylic oxidation sites excluding steroid dienone is 4. The van der Waals surface area contributed by atoms with Crippen molar-refractivity contribution in [2.45, 2.75) is 495 Å². The Bertz CT molecular complexity index is 1430. The molecule has 0 aromatic heterocycles. The zero-order chi connectivity index (χ0) is 65.6. The lowest BCUT2D eigenvalue weighted by molar-refractivity contribution is -0.143. The molecule has 0 fully saturated rings. The standard InChI is InChI=1S/C85H165NO5/c1-3-5-7-9-11-13-15-17-19-21-47-51-55-59-63-67-71-75-79-85(90)91-80-76-72-68-64-60-56-52-48-44-42-40-38-36-34-32-30-28-26-24-22-23-25-27-29-31-33-35-37-39-41-43-46-50-54-58-62-66-70-74-78-84(89)86-82(81-87)83(88)77-73-69-65-61-57-53-49-45-20-18-16-14-12-10-8-6-4-2/h19,21-23,82-83,87-88H,3-18,20,24-81H2,1-2H3,(H,86,89)/b21-19-,23-22-.